The maximum Gasteiger partial charge on any atom is 0.320 e. The van der Waals surface area contributed by atoms with Gasteiger partial charge in [0.05, 0.1) is 0 Å². The lowest BCUT2D eigenvalue weighted by atomic mass is 9.70. The highest BCUT2D eigenvalue weighted by Crippen LogP contribution is 2.38. The largest absolute Gasteiger partial charge is 0.480 e. The average Bonchev–Trinajstić information content (AvgIpc) is 2.45. The molecular formula is C17H31NO2. The van der Waals surface area contributed by atoms with Gasteiger partial charge >= 0.3 is 5.97 Å². The average molecular weight is 281 g/mol. The van der Waals surface area contributed by atoms with E-state index in [0.717, 1.165) is 12.3 Å². The lowest BCUT2D eigenvalue weighted by molar-refractivity contribution is -0.141. The molecule has 20 heavy (non-hydrogen) atoms. The normalized spacial score (nSPS) is 30.4. The third-order valence-corrected chi connectivity index (χ3v) is 5.40. The number of carboxylic acids is 1. The molecule has 3 atom stereocenters. The Hall–Kier alpha value is -0.570. The van der Waals surface area contributed by atoms with Crippen LogP contribution in [0.25, 0.3) is 0 Å². The number of rotatable bonds is 5. The monoisotopic (exact) mass is 281 g/mol. The lowest BCUT2D eigenvalue weighted by Crippen LogP contribution is -2.51. The smallest absolute Gasteiger partial charge is 0.320 e. The summed E-state index contributed by atoms with van der Waals surface area (Å²) >= 11 is 0. The minimum Gasteiger partial charge on any atom is -0.480 e. The van der Waals surface area contributed by atoms with Crippen LogP contribution in [0.1, 0.15) is 71.6 Å². The third kappa shape index (κ3) is 3.97. The van der Waals surface area contributed by atoms with Gasteiger partial charge in [0.2, 0.25) is 0 Å². The summed E-state index contributed by atoms with van der Waals surface area (Å²) in [6.45, 7) is 4.01. The molecule has 3 nitrogen and oxygen atoms in total. The van der Waals surface area contributed by atoms with Crippen LogP contribution in [-0.4, -0.2) is 23.2 Å². The summed E-state index contributed by atoms with van der Waals surface area (Å²) in [6, 6.07) is 0.0412. The van der Waals surface area contributed by atoms with E-state index in [-0.39, 0.29) is 12.0 Å². The first-order valence-corrected chi connectivity index (χ1v) is 8.58. The molecule has 2 saturated carbocycles. The summed E-state index contributed by atoms with van der Waals surface area (Å²) in [5, 5.41) is 12.9. The van der Waals surface area contributed by atoms with E-state index >= 15 is 0 Å². The van der Waals surface area contributed by atoms with Crippen molar-refractivity contribution in [3.63, 3.8) is 0 Å². The van der Waals surface area contributed by atoms with Gasteiger partial charge in [-0.1, -0.05) is 58.8 Å². The second-order valence-corrected chi connectivity index (χ2v) is 7.18. The molecule has 2 fully saturated rings. The van der Waals surface area contributed by atoms with E-state index < -0.39 is 5.97 Å². The van der Waals surface area contributed by atoms with E-state index in [2.05, 4.69) is 5.32 Å². The molecule has 2 aliphatic carbocycles. The molecule has 116 valence electrons. The SMILES string of the molecule is CC(C)C(NC1CCCCC1C1CCCCC1)C(=O)O. The van der Waals surface area contributed by atoms with Crippen molar-refractivity contribution >= 4 is 5.97 Å². The van der Waals surface area contributed by atoms with Crippen LogP contribution in [0.3, 0.4) is 0 Å². The molecule has 0 saturated heterocycles. The van der Waals surface area contributed by atoms with Crippen LogP contribution in [0, 0.1) is 17.8 Å². The van der Waals surface area contributed by atoms with Crippen LogP contribution in [0.15, 0.2) is 0 Å². The second kappa shape index (κ2) is 7.44. The molecule has 0 aromatic carbocycles. The lowest BCUT2D eigenvalue weighted by Gasteiger charge is -2.41. The molecule has 0 bridgehead atoms. The van der Waals surface area contributed by atoms with Crippen molar-refractivity contribution in [2.75, 3.05) is 0 Å². The Morgan fingerprint density at radius 3 is 2.20 bits per heavy atom. The Labute approximate surface area is 123 Å². The van der Waals surface area contributed by atoms with Crippen molar-refractivity contribution in [1.82, 2.24) is 5.32 Å². The van der Waals surface area contributed by atoms with Crippen molar-refractivity contribution in [3.05, 3.63) is 0 Å². The van der Waals surface area contributed by atoms with Gasteiger partial charge in [0.15, 0.2) is 0 Å². The number of hydrogen-bond donors (Lipinski definition) is 2. The first-order valence-electron chi connectivity index (χ1n) is 8.58. The number of carboxylic acid groups (broad SMARTS) is 1. The van der Waals surface area contributed by atoms with E-state index in [9.17, 15) is 9.90 Å². The zero-order valence-electron chi connectivity index (χ0n) is 13.1. The van der Waals surface area contributed by atoms with Gasteiger partial charge in [-0.05, 0) is 30.6 Å². The fourth-order valence-corrected chi connectivity index (χ4v) is 4.27. The molecule has 3 heteroatoms. The Morgan fingerprint density at radius 1 is 1.00 bits per heavy atom. The summed E-state index contributed by atoms with van der Waals surface area (Å²) in [5.41, 5.74) is 0. The predicted octanol–water partition coefficient (Wildman–Crippen LogP) is 3.82. The Balaban J connectivity index is 2.00. The number of aliphatic carboxylic acids is 1. The van der Waals surface area contributed by atoms with Gasteiger partial charge in [0.25, 0.3) is 0 Å². The van der Waals surface area contributed by atoms with Crippen molar-refractivity contribution in [1.29, 1.82) is 0 Å². The van der Waals surface area contributed by atoms with Gasteiger partial charge in [-0.15, -0.1) is 0 Å². The highest BCUT2D eigenvalue weighted by atomic mass is 16.4. The first kappa shape index (κ1) is 15.8. The highest BCUT2D eigenvalue weighted by molar-refractivity contribution is 5.73. The topological polar surface area (TPSA) is 49.3 Å². The van der Waals surface area contributed by atoms with Gasteiger partial charge < -0.3 is 10.4 Å². The second-order valence-electron chi connectivity index (χ2n) is 7.18. The van der Waals surface area contributed by atoms with Crippen molar-refractivity contribution in [2.24, 2.45) is 17.8 Å². The van der Waals surface area contributed by atoms with Crippen LogP contribution >= 0.6 is 0 Å². The van der Waals surface area contributed by atoms with Gasteiger partial charge in [-0.25, -0.2) is 0 Å². The molecule has 0 spiro atoms. The van der Waals surface area contributed by atoms with Crippen LogP contribution in [-0.2, 0) is 4.79 Å². The standard InChI is InChI=1S/C17H31NO2/c1-12(2)16(17(19)20)18-15-11-7-6-10-14(15)13-8-4-3-5-9-13/h12-16,18H,3-11H2,1-2H3,(H,19,20). The Kier molecular flexibility index (Phi) is 5.88. The highest BCUT2D eigenvalue weighted by Gasteiger charge is 2.35. The Morgan fingerprint density at radius 2 is 1.60 bits per heavy atom. The van der Waals surface area contributed by atoms with Gasteiger partial charge in [0.1, 0.15) is 6.04 Å². The fraction of sp³-hybridized carbons (Fsp3) is 0.941. The molecule has 2 N–H and O–H groups in total. The minimum absolute atomic E-state index is 0.154. The van der Waals surface area contributed by atoms with E-state index in [1.54, 1.807) is 0 Å². The molecule has 2 aliphatic rings. The molecule has 0 amide bonds. The van der Waals surface area contributed by atoms with Gasteiger partial charge in [0, 0.05) is 6.04 Å². The molecule has 0 aliphatic heterocycles. The van der Waals surface area contributed by atoms with Crippen molar-refractivity contribution in [2.45, 2.75) is 83.7 Å². The summed E-state index contributed by atoms with van der Waals surface area (Å²) in [6.07, 6.45) is 11.9. The van der Waals surface area contributed by atoms with Crippen LogP contribution in [0.4, 0.5) is 0 Å². The zero-order chi connectivity index (χ0) is 14.5. The number of carbonyl (C=O) groups is 1. The summed E-state index contributed by atoms with van der Waals surface area (Å²) < 4.78 is 0. The quantitative estimate of drug-likeness (QED) is 0.805. The van der Waals surface area contributed by atoms with Crippen LogP contribution in [0.5, 0.6) is 0 Å². The van der Waals surface area contributed by atoms with E-state index in [0.29, 0.717) is 12.0 Å². The maximum absolute atomic E-state index is 11.4. The molecule has 3 unspecified atom stereocenters. The van der Waals surface area contributed by atoms with Crippen LogP contribution in [0.2, 0.25) is 0 Å². The molecule has 0 aromatic heterocycles. The molecule has 2 rings (SSSR count). The van der Waals surface area contributed by atoms with E-state index in [4.69, 9.17) is 0 Å². The predicted molar refractivity (Wildman–Crippen MR) is 81.7 cm³/mol. The van der Waals surface area contributed by atoms with Crippen molar-refractivity contribution in [3.8, 4) is 0 Å². The van der Waals surface area contributed by atoms with Gasteiger partial charge in [-0.2, -0.15) is 0 Å². The number of hydrogen-bond acceptors (Lipinski definition) is 2. The minimum atomic E-state index is -0.687. The molecule has 0 radical (unpaired) electrons. The fourth-order valence-electron chi connectivity index (χ4n) is 4.27. The molecule has 0 aromatic rings. The molecular weight excluding hydrogens is 250 g/mol. The Bertz CT molecular complexity index is 310. The van der Waals surface area contributed by atoms with E-state index in [1.165, 1.54) is 51.4 Å². The third-order valence-electron chi connectivity index (χ3n) is 5.40. The van der Waals surface area contributed by atoms with Crippen LogP contribution < -0.4 is 5.32 Å². The van der Waals surface area contributed by atoms with Gasteiger partial charge in [-0.3, -0.25) is 4.79 Å². The summed E-state index contributed by atoms with van der Waals surface area (Å²) in [4.78, 5) is 11.4. The summed E-state index contributed by atoms with van der Waals surface area (Å²) in [5.74, 6) is 1.02. The molecule has 0 heterocycles. The van der Waals surface area contributed by atoms with Crippen molar-refractivity contribution < 1.29 is 9.90 Å². The first-order chi connectivity index (χ1) is 9.59. The van der Waals surface area contributed by atoms with E-state index in [1.807, 2.05) is 13.8 Å². The zero-order valence-corrected chi connectivity index (χ0v) is 13.1. The summed E-state index contributed by atoms with van der Waals surface area (Å²) in [7, 11) is 0. The number of nitrogens with one attached hydrogen (secondary N) is 1. The maximum atomic E-state index is 11.4.